The Hall–Kier alpha value is -1.07. The number of hydrogen-bond donors (Lipinski definition) is 2. The molecular weight excluding hydrogens is 304 g/mol. The molecule has 5 heteroatoms. The van der Waals surface area contributed by atoms with Crippen LogP contribution in [0.4, 0.5) is 5.82 Å². The summed E-state index contributed by atoms with van der Waals surface area (Å²) < 4.78 is 1.12. The van der Waals surface area contributed by atoms with Crippen molar-refractivity contribution in [2.24, 2.45) is 0 Å². The minimum absolute atomic E-state index is 0.534. The molecule has 0 amide bonds. The lowest BCUT2D eigenvalue weighted by Gasteiger charge is -2.29. The Morgan fingerprint density at radius 2 is 2.11 bits per heavy atom. The molecule has 2 N–H and O–H groups in total. The van der Waals surface area contributed by atoms with E-state index in [1.165, 1.54) is 23.8 Å². The van der Waals surface area contributed by atoms with Gasteiger partial charge < -0.3 is 10.2 Å². The third-order valence-electron chi connectivity index (χ3n) is 3.90. The largest absolute Gasteiger partial charge is 0.365 e. The Balaban J connectivity index is 1.83. The highest BCUT2D eigenvalue weighted by molar-refractivity contribution is 9.10. The van der Waals surface area contributed by atoms with Crippen LogP contribution in [0.1, 0.15) is 18.4 Å². The van der Waals surface area contributed by atoms with Gasteiger partial charge in [-0.05, 0) is 57.6 Å². The molecule has 0 aliphatic carbocycles. The van der Waals surface area contributed by atoms with Gasteiger partial charge in [0.2, 0.25) is 0 Å². The van der Waals surface area contributed by atoms with Crippen molar-refractivity contribution in [3.8, 4) is 0 Å². The quantitative estimate of drug-likeness (QED) is 0.892. The minimum Gasteiger partial charge on any atom is -0.365 e. The highest BCUT2D eigenvalue weighted by Crippen LogP contribution is 2.28. The van der Waals surface area contributed by atoms with Gasteiger partial charge in [-0.1, -0.05) is 15.9 Å². The lowest BCUT2D eigenvalue weighted by molar-refractivity contribution is 0.263. The number of piperidine rings is 1. The van der Waals surface area contributed by atoms with E-state index in [-0.39, 0.29) is 0 Å². The van der Waals surface area contributed by atoms with Crippen LogP contribution in [0.15, 0.2) is 16.6 Å². The first-order valence-corrected chi connectivity index (χ1v) is 7.52. The summed E-state index contributed by atoms with van der Waals surface area (Å²) in [5, 5.41) is 12.3. The first-order valence-electron chi connectivity index (χ1n) is 6.73. The van der Waals surface area contributed by atoms with Gasteiger partial charge in [-0.2, -0.15) is 5.10 Å². The van der Waals surface area contributed by atoms with Crippen LogP contribution in [0.3, 0.4) is 0 Å². The third-order valence-corrected chi connectivity index (χ3v) is 4.76. The number of fused-ring (bicyclic) bond motifs is 1. The van der Waals surface area contributed by atoms with Crippen LogP contribution in [0.5, 0.6) is 0 Å². The number of aromatic amines is 1. The first-order chi connectivity index (χ1) is 9.13. The van der Waals surface area contributed by atoms with Crippen molar-refractivity contribution in [3.63, 3.8) is 0 Å². The fraction of sp³-hybridized carbons (Fsp3) is 0.500. The van der Waals surface area contributed by atoms with Crippen molar-refractivity contribution in [1.29, 1.82) is 0 Å². The average molecular weight is 323 g/mol. The van der Waals surface area contributed by atoms with E-state index in [0.29, 0.717) is 6.04 Å². The molecule has 0 radical (unpaired) electrons. The molecule has 19 heavy (non-hydrogen) atoms. The molecule has 0 unspecified atom stereocenters. The lowest BCUT2D eigenvalue weighted by atomic mass is 10.1. The first kappa shape index (κ1) is 12.9. The maximum absolute atomic E-state index is 4.42. The molecule has 102 valence electrons. The SMILES string of the molecule is Cc1cc2c(NC3CCN(C)CC3)n[nH]c2cc1Br. The van der Waals surface area contributed by atoms with Gasteiger partial charge >= 0.3 is 0 Å². The molecule has 1 aromatic carbocycles. The smallest absolute Gasteiger partial charge is 0.155 e. The second-order valence-electron chi connectivity index (χ2n) is 5.44. The summed E-state index contributed by atoms with van der Waals surface area (Å²) in [6.45, 7) is 4.42. The van der Waals surface area contributed by atoms with E-state index < -0.39 is 0 Å². The topological polar surface area (TPSA) is 44.0 Å². The van der Waals surface area contributed by atoms with E-state index in [2.05, 4.69) is 62.4 Å². The fourth-order valence-corrected chi connectivity index (χ4v) is 2.95. The number of rotatable bonds is 2. The Kier molecular flexibility index (Phi) is 3.50. The van der Waals surface area contributed by atoms with E-state index in [1.807, 2.05) is 0 Å². The lowest BCUT2D eigenvalue weighted by Crippen LogP contribution is -2.36. The Labute approximate surface area is 121 Å². The number of halogens is 1. The zero-order valence-corrected chi connectivity index (χ0v) is 12.9. The number of aromatic nitrogens is 2. The summed E-state index contributed by atoms with van der Waals surface area (Å²) >= 11 is 3.56. The summed E-state index contributed by atoms with van der Waals surface area (Å²) in [4.78, 5) is 2.38. The van der Waals surface area contributed by atoms with Crippen molar-refractivity contribution in [1.82, 2.24) is 15.1 Å². The Morgan fingerprint density at radius 1 is 1.37 bits per heavy atom. The molecule has 0 spiro atoms. The van der Waals surface area contributed by atoms with Gasteiger partial charge in [-0.25, -0.2) is 0 Å². The van der Waals surface area contributed by atoms with Crippen molar-refractivity contribution in [2.45, 2.75) is 25.8 Å². The van der Waals surface area contributed by atoms with Gasteiger partial charge in [0, 0.05) is 15.9 Å². The summed E-state index contributed by atoms with van der Waals surface area (Å²) in [5.41, 5.74) is 2.31. The van der Waals surface area contributed by atoms with E-state index in [0.717, 1.165) is 28.9 Å². The molecule has 2 heterocycles. The van der Waals surface area contributed by atoms with Crippen molar-refractivity contribution < 1.29 is 0 Å². The molecule has 1 fully saturated rings. The summed E-state index contributed by atoms with van der Waals surface area (Å²) in [5.74, 6) is 0.986. The van der Waals surface area contributed by atoms with E-state index in [9.17, 15) is 0 Å². The van der Waals surface area contributed by atoms with Gasteiger partial charge in [0.25, 0.3) is 0 Å². The Bertz CT molecular complexity index is 584. The molecule has 0 atom stereocenters. The predicted molar refractivity (Wildman–Crippen MR) is 82.7 cm³/mol. The third kappa shape index (κ3) is 2.62. The van der Waals surface area contributed by atoms with Crippen molar-refractivity contribution in [3.05, 3.63) is 22.2 Å². The second-order valence-corrected chi connectivity index (χ2v) is 6.30. The molecule has 1 aliphatic rings. The number of nitrogens with zero attached hydrogens (tertiary/aromatic N) is 2. The number of hydrogen-bond acceptors (Lipinski definition) is 3. The van der Waals surface area contributed by atoms with Crippen LogP contribution < -0.4 is 5.32 Å². The van der Waals surface area contributed by atoms with Crippen molar-refractivity contribution >= 4 is 32.7 Å². The zero-order chi connectivity index (χ0) is 13.4. The Morgan fingerprint density at radius 3 is 2.84 bits per heavy atom. The van der Waals surface area contributed by atoms with Crippen LogP contribution in [-0.4, -0.2) is 41.3 Å². The number of likely N-dealkylation sites (tertiary alicyclic amines) is 1. The molecule has 4 nitrogen and oxygen atoms in total. The standard InChI is InChI=1S/C14H19BrN4/c1-9-7-11-13(8-12(9)15)17-18-14(11)16-10-3-5-19(2)6-4-10/h7-8,10H,3-6H2,1-2H3,(H2,16,17,18). The fourth-order valence-electron chi connectivity index (χ4n) is 2.60. The second kappa shape index (κ2) is 5.13. The van der Waals surface area contributed by atoms with Gasteiger partial charge in [0.15, 0.2) is 5.82 Å². The molecule has 0 bridgehead atoms. The summed E-state index contributed by atoms with van der Waals surface area (Å²) in [7, 11) is 2.18. The van der Waals surface area contributed by atoms with Gasteiger partial charge in [0.1, 0.15) is 0 Å². The summed E-state index contributed by atoms with van der Waals surface area (Å²) in [6, 6.07) is 4.81. The van der Waals surface area contributed by atoms with Crippen LogP contribution in [0.25, 0.3) is 10.9 Å². The number of nitrogens with one attached hydrogen (secondary N) is 2. The van der Waals surface area contributed by atoms with Gasteiger partial charge in [0.05, 0.1) is 5.52 Å². The molecule has 1 aliphatic heterocycles. The molecule has 3 rings (SSSR count). The molecule has 1 aromatic heterocycles. The van der Waals surface area contributed by atoms with Gasteiger partial charge in [-0.3, -0.25) is 5.10 Å². The molecule has 2 aromatic rings. The molecule has 0 saturated carbocycles. The molecular formula is C14H19BrN4. The minimum atomic E-state index is 0.534. The van der Waals surface area contributed by atoms with E-state index >= 15 is 0 Å². The normalized spacial score (nSPS) is 18.1. The number of benzene rings is 1. The van der Waals surface area contributed by atoms with E-state index in [4.69, 9.17) is 0 Å². The van der Waals surface area contributed by atoms with Crippen LogP contribution in [-0.2, 0) is 0 Å². The number of anilines is 1. The van der Waals surface area contributed by atoms with Crippen LogP contribution >= 0.6 is 15.9 Å². The van der Waals surface area contributed by atoms with E-state index in [1.54, 1.807) is 0 Å². The predicted octanol–water partition coefficient (Wildman–Crippen LogP) is 3.14. The maximum Gasteiger partial charge on any atom is 0.155 e. The van der Waals surface area contributed by atoms with Crippen molar-refractivity contribution in [2.75, 3.05) is 25.5 Å². The van der Waals surface area contributed by atoms with Crippen LogP contribution in [0.2, 0.25) is 0 Å². The van der Waals surface area contributed by atoms with Gasteiger partial charge in [-0.15, -0.1) is 0 Å². The number of aryl methyl sites for hydroxylation is 1. The monoisotopic (exact) mass is 322 g/mol. The highest BCUT2D eigenvalue weighted by atomic mass is 79.9. The molecule has 1 saturated heterocycles. The zero-order valence-electron chi connectivity index (χ0n) is 11.3. The number of H-pyrrole nitrogens is 1. The highest BCUT2D eigenvalue weighted by Gasteiger charge is 2.18. The summed E-state index contributed by atoms with van der Waals surface area (Å²) in [6.07, 6.45) is 2.36. The maximum atomic E-state index is 4.42. The van der Waals surface area contributed by atoms with Crippen LogP contribution in [0, 0.1) is 6.92 Å². The average Bonchev–Trinajstić information content (AvgIpc) is 2.76.